The molecule has 0 atom stereocenters. The van der Waals surface area contributed by atoms with E-state index in [-0.39, 0.29) is 18.1 Å². The average Bonchev–Trinajstić information content (AvgIpc) is 3.28. The summed E-state index contributed by atoms with van der Waals surface area (Å²) in [6.07, 6.45) is 3.23. The predicted molar refractivity (Wildman–Crippen MR) is 115 cm³/mol. The number of ether oxygens (including phenoxy) is 2. The Morgan fingerprint density at radius 1 is 1.00 bits per heavy atom. The zero-order valence-electron chi connectivity index (χ0n) is 17.4. The molecule has 0 saturated carbocycles. The lowest BCUT2D eigenvalue weighted by Crippen LogP contribution is -2.24. The quantitative estimate of drug-likeness (QED) is 0.480. The molecule has 2 aromatic carbocycles. The highest BCUT2D eigenvalue weighted by Gasteiger charge is 2.22. The normalized spacial score (nSPS) is 10.6. The molecule has 2 heterocycles. The van der Waals surface area contributed by atoms with Crippen molar-refractivity contribution in [1.82, 2.24) is 25.3 Å². The summed E-state index contributed by atoms with van der Waals surface area (Å²) < 4.78 is 25.4. The molecule has 0 radical (unpaired) electrons. The topological polar surface area (TPSA) is 91.2 Å². The van der Waals surface area contributed by atoms with Gasteiger partial charge >= 0.3 is 0 Å². The van der Waals surface area contributed by atoms with E-state index < -0.39 is 5.91 Å². The Labute approximate surface area is 183 Å². The van der Waals surface area contributed by atoms with E-state index in [9.17, 15) is 9.18 Å². The van der Waals surface area contributed by atoms with Gasteiger partial charge in [-0.1, -0.05) is 11.3 Å². The second-order valence-corrected chi connectivity index (χ2v) is 6.78. The van der Waals surface area contributed by atoms with Crippen molar-refractivity contribution in [3.63, 3.8) is 0 Å². The number of pyridine rings is 1. The fourth-order valence-electron chi connectivity index (χ4n) is 3.22. The third-order valence-electron chi connectivity index (χ3n) is 4.81. The summed E-state index contributed by atoms with van der Waals surface area (Å²) in [7, 11) is 3.11. The molecule has 9 heteroatoms. The lowest BCUT2D eigenvalue weighted by molar-refractivity contribution is 0.0946. The molecule has 0 aliphatic heterocycles. The Morgan fingerprint density at radius 3 is 2.41 bits per heavy atom. The first-order valence-corrected chi connectivity index (χ1v) is 9.72. The number of hydrogen-bond donors (Lipinski definition) is 1. The first-order chi connectivity index (χ1) is 15.6. The second kappa shape index (κ2) is 9.25. The van der Waals surface area contributed by atoms with Crippen LogP contribution in [0, 0.1) is 5.82 Å². The number of amides is 1. The molecule has 0 bridgehead atoms. The number of methoxy groups -OCH3 is 2. The zero-order valence-corrected chi connectivity index (χ0v) is 17.4. The molecular weight excluding hydrogens is 413 g/mol. The summed E-state index contributed by atoms with van der Waals surface area (Å²) in [6.45, 7) is 0.248. The van der Waals surface area contributed by atoms with Gasteiger partial charge in [-0.25, -0.2) is 9.07 Å². The molecule has 0 fully saturated rings. The van der Waals surface area contributed by atoms with E-state index in [1.165, 1.54) is 16.8 Å². The zero-order chi connectivity index (χ0) is 22.5. The Bertz CT molecular complexity index is 1230. The molecule has 0 saturated heterocycles. The monoisotopic (exact) mass is 433 g/mol. The number of carbonyl (C=O) groups is 1. The van der Waals surface area contributed by atoms with Gasteiger partial charge < -0.3 is 14.8 Å². The van der Waals surface area contributed by atoms with E-state index in [2.05, 4.69) is 20.6 Å². The van der Waals surface area contributed by atoms with Crippen molar-refractivity contribution >= 4 is 5.91 Å². The van der Waals surface area contributed by atoms with Crippen molar-refractivity contribution in [3.8, 4) is 28.4 Å². The molecule has 0 spiro atoms. The molecule has 32 heavy (non-hydrogen) atoms. The van der Waals surface area contributed by atoms with Crippen LogP contribution in [0.2, 0.25) is 0 Å². The van der Waals surface area contributed by atoms with Gasteiger partial charge in [0.25, 0.3) is 5.91 Å². The van der Waals surface area contributed by atoms with Gasteiger partial charge in [0.05, 0.1) is 19.9 Å². The van der Waals surface area contributed by atoms with Crippen molar-refractivity contribution in [2.45, 2.75) is 6.54 Å². The van der Waals surface area contributed by atoms with Crippen LogP contribution in [-0.2, 0) is 6.54 Å². The predicted octanol–water partition coefficient (Wildman–Crippen LogP) is 3.42. The number of rotatable bonds is 7. The van der Waals surface area contributed by atoms with Crippen LogP contribution in [0.15, 0.2) is 67.0 Å². The third kappa shape index (κ3) is 4.27. The summed E-state index contributed by atoms with van der Waals surface area (Å²) in [4.78, 5) is 17.1. The SMILES string of the molecule is COc1ccc(CNC(=O)c2nnn(-c3ccc(F)cc3)c2-c2ccncc2)cc1OC. The van der Waals surface area contributed by atoms with Crippen LogP contribution in [-0.4, -0.2) is 40.1 Å². The van der Waals surface area contributed by atoms with Gasteiger partial charge in [0.15, 0.2) is 17.2 Å². The van der Waals surface area contributed by atoms with Gasteiger partial charge in [-0.05, 0) is 54.1 Å². The molecule has 0 aliphatic rings. The molecule has 0 unspecified atom stereocenters. The van der Waals surface area contributed by atoms with E-state index in [1.54, 1.807) is 63.0 Å². The third-order valence-corrected chi connectivity index (χ3v) is 4.81. The number of nitrogens with one attached hydrogen (secondary N) is 1. The van der Waals surface area contributed by atoms with Crippen LogP contribution in [0.25, 0.3) is 16.9 Å². The van der Waals surface area contributed by atoms with Gasteiger partial charge in [-0.3, -0.25) is 9.78 Å². The summed E-state index contributed by atoms with van der Waals surface area (Å²) in [6, 6.07) is 14.7. The van der Waals surface area contributed by atoms with E-state index in [0.717, 1.165) is 5.56 Å². The van der Waals surface area contributed by atoms with Gasteiger partial charge in [0.1, 0.15) is 11.5 Å². The minimum absolute atomic E-state index is 0.140. The van der Waals surface area contributed by atoms with E-state index >= 15 is 0 Å². The fourth-order valence-corrected chi connectivity index (χ4v) is 3.22. The van der Waals surface area contributed by atoms with Crippen LogP contribution in [0.4, 0.5) is 4.39 Å². The van der Waals surface area contributed by atoms with Crippen molar-refractivity contribution in [3.05, 3.63) is 84.1 Å². The smallest absolute Gasteiger partial charge is 0.274 e. The molecule has 4 aromatic rings. The summed E-state index contributed by atoms with van der Waals surface area (Å²) in [5.41, 5.74) is 2.72. The van der Waals surface area contributed by atoms with E-state index in [0.29, 0.717) is 28.4 Å². The highest BCUT2D eigenvalue weighted by molar-refractivity contribution is 5.98. The van der Waals surface area contributed by atoms with Crippen molar-refractivity contribution in [2.24, 2.45) is 0 Å². The Morgan fingerprint density at radius 2 is 1.72 bits per heavy atom. The minimum atomic E-state index is -0.403. The number of hydrogen-bond acceptors (Lipinski definition) is 6. The fraction of sp³-hybridized carbons (Fsp3) is 0.130. The van der Waals surface area contributed by atoms with Gasteiger partial charge in [-0.2, -0.15) is 0 Å². The van der Waals surface area contributed by atoms with Gasteiger partial charge in [0, 0.05) is 24.5 Å². The average molecular weight is 433 g/mol. The van der Waals surface area contributed by atoms with Crippen molar-refractivity contribution in [1.29, 1.82) is 0 Å². The number of carbonyl (C=O) groups excluding carboxylic acids is 1. The molecule has 0 aliphatic carbocycles. The largest absolute Gasteiger partial charge is 0.493 e. The highest BCUT2D eigenvalue weighted by atomic mass is 19.1. The maximum Gasteiger partial charge on any atom is 0.274 e. The first kappa shape index (κ1) is 21.0. The molecule has 1 amide bonds. The van der Waals surface area contributed by atoms with Crippen molar-refractivity contribution < 1.29 is 18.7 Å². The van der Waals surface area contributed by atoms with E-state index in [1.807, 2.05) is 6.07 Å². The molecule has 1 N–H and O–H groups in total. The Balaban J connectivity index is 1.64. The lowest BCUT2D eigenvalue weighted by Gasteiger charge is -2.11. The summed E-state index contributed by atoms with van der Waals surface area (Å²) in [5, 5.41) is 11.1. The maximum atomic E-state index is 13.4. The van der Waals surface area contributed by atoms with Gasteiger partial charge in [-0.15, -0.1) is 5.10 Å². The Hall–Kier alpha value is -4.27. The molecule has 162 valence electrons. The van der Waals surface area contributed by atoms with Crippen LogP contribution >= 0.6 is 0 Å². The molecule has 4 rings (SSSR count). The molecule has 8 nitrogen and oxygen atoms in total. The standard InChI is InChI=1S/C23H20FN5O3/c1-31-19-8-3-15(13-20(19)32-2)14-26-23(30)21-22(16-9-11-25-12-10-16)29(28-27-21)18-6-4-17(24)5-7-18/h3-13H,14H2,1-2H3,(H,26,30). The van der Waals surface area contributed by atoms with Crippen LogP contribution < -0.4 is 14.8 Å². The minimum Gasteiger partial charge on any atom is -0.493 e. The summed E-state index contributed by atoms with van der Waals surface area (Å²) >= 11 is 0. The molecule has 2 aromatic heterocycles. The van der Waals surface area contributed by atoms with Crippen LogP contribution in [0.1, 0.15) is 16.1 Å². The number of aromatic nitrogens is 4. The van der Waals surface area contributed by atoms with E-state index in [4.69, 9.17) is 9.47 Å². The van der Waals surface area contributed by atoms with Gasteiger partial charge in [0.2, 0.25) is 0 Å². The second-order valence-electron chi connectivity index (χ2n) is 6.78. The first-order valence-electron chi connectivity index (χ1n) is 9.72. The van der Waals surface area contributed by atoms with Crippen LogP contribution in [0.3, 0.4) is 0 Å². The summed E-state index contributed by atoms with van der Waals surface area (Å²) in [5.74, 6) is 0.399. The molecular formula is C23H20FN5O3. The maximum absolute atomic E-state index is 13.4. The Kier molecular flexibility index (Phi) is 6.07. The van der Waals surface area contributed by atoms with Crippen LogP contribution in [0.5, 0.6) is 11.5 Å². The van der Waals surface area contributed by atoms with Crippen molar-refractivity contribution in [2.75, 3.05) is 14.2 Å². The number of benzene rings is 2. The highest BCUT2D eigenvalue weighted by Crippen LogP contribution is 2.28. The number of halogens is 1. The lowest BCUT2D eigenvalue weighted by atomic mass is 10.1. The number of nitrogens with zero attached hydrogens (tertiary/aromatic N) is 4.